The molecule has 0 saturated carbocycles. The van der Waals surface area contributed by atoms with E-state index in [0.717, 1.165) is 30.7 Å². The van der Waals surface area contributed by atoms with Crippen LogP contribution in [0.1, 0.15) is 41.0 Å². The summed E-state index contributed by atoms with van der Waals surface area (Å²) in [6.45, 7) is 13.0. The SMILES string of the molecule is C=CCOC[C@@H](O)CN(CCC)CC(=O)N1CCc2sccc2[C@H]1COc1ccc(C)cc1C. The Hall–Kier alpha value is -2.19. The number of hydrogen-bond donors (Lipinski definition) is 1. The molecule has 0 fully saturated rings. The topological polar surface area (TPSA) is 62.2 Å². The Morgan fingerprint density at radius 2 is 2.21 bits per heavy atom. The number of aryl methyl sites for hydroxylation is 2. The molecule has 2 aromatic rings. The van der Waals surface area contributed by atoms with E-state index in [0.29, 0.717) is 26.3 Å². The average molecular weight is 487 g/mol. The first kappa shape index (κ1) is 26.4. The van der Waals surface area contributed by atoms with Crippen molar-refractivity contribution in [2.45, 2.75) is 45.8 Å². The van der Waals surface area contributed by atoms with Crippen molar-refractivity contribution in [2.24, 2.45) is 0 Å². The summed E-state index contributed by atoms with van der Waals surface area (Å²) in [7, 11) is 0. The van der Waals surface area contributed by atoms with Crippen LogP contribution in [-0.4, -0.2) is 72.9 Å². The Kier molecular flexibility index (Phi) is 10.1. The minimum atomic E-state index is -0.646. The summed E-state index contributed by atoms with van der Waals surface area (Å²) < 4.78 is 11.6. The molecule has 0 saturated heterocycles. The predicted molar refractivity (Wildman–Crippen MR) is 138 cm³/mol. The maximum absolute atomic E-state index is 13.5. The standard InChI is InChI=1S/C27H38N2O4S/c1-5-11-28(16-22(30)18-32-13-6-2)17-27(31)29-12-9-26-23(10-14-34-26)24(29)19-33-25-8-7-20(3)15-21(25)4/h6-8,10,14-15,22,24,30H,2,5,9,11-13,16-19H2,1,3-4H3/t22-,24+/m0/s1. The Morgan fingerprint density at radius 1 is 1.38 bits per heavy atom. The molecule has 0 spiro atoms. The van der Waals surface area contributed by atoms with E-state index >= 15 is 0 Å². The van der Waals surface area contributed by atoms with Gasteiger partial charge < -0.3 is 19.5 Å². The highest BCUT2D eigenvalue weighted by Gasteiger charge is 2.33. The van der Waals surface area contributed by atoms with Gasteiger partial charge in [0.15, 0.2) is 0 Å². The van der Waals surface area contributed by atoms with Gasteiger partial charge >= 0.3 is 0 Å². The van der Waals surface area contributed by atoms with Gasteiger partial charge in [0.2, 0.25) is 5.91 Å². The molecule has 0 bridgehead atoms. The molecule has 0 unspecified atom stereocenters. The monoisotopic (exact) mass is 486 g/mol. The van der Waals surface area contributed by atoms with Crippen LogP contribution < -0.4 is 4.74 Å². The van der Waals surface area contributed by atoms with Gasteiger partial charge in [0, 0.05) is 18.0 Å². The molecule has 1 aromatic heterocycles. The van der Waals surface area contributed by atoms with Crippen LogP contribution in [0, 0.1) is 13.8 Å². The molecule has 0 aliphatic carbocycles. The van der Waals surface area contributed by atoms with Crippen LogP contribution >= 0.6 is 11.3 Å². The highest BCUT2D eigenvalue weighted by Crippen LogP contribution is 2.34. The van der Waals surface area contributed by atoms with Crippen LogP contribution in [0.3, 0.4) is 0 Å². The fourth-order valence-corrected chi connectivity index (χ4v) is 5.40. The van der Waals surface area contributed by atoms with Crippen LogP contribution in [0.15, 0.2) is 42.3 Å². The van der Waals surface area contributed by atoms with Crippen LogP contribution in [-0.2, 0) is 16.0 Å². The second-order valence-electron chi connectivity index (χ2n) is 8.95. The summed E-state index contributed by atoms with van der Waals surface area (Å²) in [6.07, 6.45) is 2.79. The van der Waals surface area contributed by atoms with Crippen molar-refractivity contribution >= 4 is 17.2 Å². The van der Waals surface area contributed by atoms with Crippen LogP contribution in [0.2, 0.25) is 0 Å². The van der Waals surface area contributed by atoms with Crippen molar-refractivity contribution in [1.82, 2.24) is 9.80 Å². The van der Waals surface area contributed by atoms with Crippen LogP contribution in [0.5, 0.6) is 5.75 Å². The number of aliphatic hydroxyl groups excluding tert-OH is 1. The van der Waals surface area contributed by atoms with Gasteiger partial charge in [-0.15, -0.1) is 17.9 Å². The molecule has 7 heteroatoms. The lowest BCUT2D eigenvalue weighted by Gasteiger charge is -2.37. The lowest BCUT2D eigenvalue weighted by Crippen LogP contribution is -2.48. The Morgan fingerprint density at radius 3 is 2.94 bits per heavy atom. The molecule has 1 N–H and O–H groups in total. The van der Waals surface area contributed by atoms with Gasteiger partial charge in [-0.25, -0.2) is 0 Å². The number of hydrogen-bond acceptors (Lipinski definition) is 6. The lowest BCUT2D eigenvalue weighted by molar-refractivity contribution is -0.136. The molecule has 1 aliphatic heterocycles. The summed E-state index contributed by atoms with van der Waals surface area (Å²) in [5, 5.41) is 12.5. The van der Waals surface area contributed by atoms with Crippen molar-refractivity contribution in [2.75, 3.05) is 46.0 Å². The van der Waals surface area contributed by atoms with E-state index in [9.17, 15) is 9.90 Å². The van der Waals surface area contributed by atoms with Crippen molar-refractivity contribution < 1.29 is 19.4 Å². The number of benzene rings is 1. The molecular weight excluding hydrogens is 448 g/mol. The summed E-state index contributed by atoms with van der Waals surface area (Å²) in [5.74, 6) is 0.925. The Balaban J connectivity index is 1.69. The van der Waals surface area contributed by atoms with Gasteiger partial charge in [-0.1, -0.05) is 30.7 Å². The summed E-state index contributed by atoms with van der Waals surface area (Å²) in [6, 6.07) is 8.18. The van der Waals surface area contributed by atoms with Crippen molar-refractivity contribution in [3.05, 3.63) is 63.9 Å². The zero-order valence-electron chi connectivity index (χ0n) is 20.7. The molecule has 0 radical (unpaired) electrons. The number of nitrogens with zero attached hydrogens (tertiary/aromatic N) is 2. The number of carbonyl (C=O) groups is 1. The van der Waals surface area contributed by atoms with Crippen molar-refractivity contribution in [1.29, 1.82) is 0 Å². The predicted octanol–water partition coefficient (Wildman–Crippen LogP) is 4.15. The third-order valence-electron chi connectivity index (χ3n) is 6.06. The van der Waals surface area contributed by atoms with Gasteiger partial charge in [-0.3, -0.25) is 9.69 Å². The number of aliphatic hydroxyl groups is 1. The molecule has 34 heavy (non-hydrogen) atoms. The molecule has 2 heterocycles. The average Bonchev–Trinajstić information content (AvgIpc) is 3.28. The summed E-state index contributed by atoms with van der Waals surface area (Å²) >= 11 is 1.75. The number of ether oxygens (including phenoxy) is 2. The Labute approximate surface area is 207 Å². The molecule has 6 nitrogen and oxygen atoms in total. The number of thiophene rings is 1. The minimum Gasteiger partial charge on any atom is -0.491 e. The largest absolute Gasteiger partial charge is 0.491 e. The smallest absolute Gasteiger partial charge is 0.237 e. The molecule has 3 rings (SSSR count). The van der Waals surface area contributed by atoms with E-state index in [1.54, 1.807) is 17.4 Å². The third kappa shape index (κ3) is 7.15. The molecule has 2 atom stereocenters. The van der Waals surface area contributed by atoms with Crippen LogP contribution in [0.25, 0.3) is 0 Å². The Bertz CT molecular complexity index is 944. The normalized spacial score (nSPS) is 16.4. The van der Waals surface area contributed by atoms with E-state index in [4.69, 9.17) is 9.47 Å². The first-order chi connectivity index (χ1) is 16.4. The number of amides is 1. The van der Waals surface area contributed by atoms with Gasteiger partial charge in [0.25, 0.3) is 0 Å². The van der Waals surface area contributed by atoms with E-state index in [1.165, 1.54) is 16.0 Å². The summed E-state index contributed by atoms with van der Waals surface area (Å²) in [4.78, 5) is 18.8. The highest BCUT2D eigenvalue weighted by atomic mass is 32.1. The maximum Gasteiger partial charge on any atom is 0.237 e. The highest BCUT2D eigenvalue weighted by molar-refractivity contribution is 7.10. The van der Waals surface area contributed by atoms with E-state index in [-0.39, 0.29) is 25.1 Å². The fourth-order valence-electron chi connectivity index (χ4n) is 4.48. The third-order valence-corrected chi connectivity index (χ3v) is 7.05. The molecular formula is C27H38N2O4S. The van der Waals surface area contributed by atoms with Crippen LogP contribution in [0.4, 0.5) is 0 Å². The van der Waals surface area contributed by atoms with Gasteiger partial charge in [-0.05, 0) is 61.9 Å². The number of fused-ring (bicyclic) bond motifs is 1. The van der Waals surface area contributed by atoms with Crippen molar-refractivity contribution in [3.8, 4) is 5.75 Å². The number of carbonyl (C=O) groups excluding carboxylic acids is 1. The first-order valence-electron chi connectivity index (χ1n) is 12.1. The molecule has 1 amide bonds. The zero-order valence-corrected chi connectivity index (χ0v) is 21.5. The van der Waals surface area contributed by atoms with Gasteiger partial charge in [0.1, 0.15) is 12.4 Å². The lowest BCUT2D eigenvalue weighted by atomic mass is 10.00. The summed E-state index contributed by atoms with van der Waals surface area (Å²) in [5.41, 5.74) is 3.49. The molecule has 1 aliphatic rings. The molecule has 186 valence electrons. The van der Waals surface area contributed by atoms with E-state index < -0.39 is 6.10 Å². The van der Waals surface area contributed by atoms with Gasteiger partial charge in [0.05, 0.1) is 31.9 Å². The van der Waals surface area contributed by atoms with Gasteiger partial charge in [-0.2, -0.15) is 0 Å². The second kappa shape index (κ2) is 13.0. The van der Waals surface area contributed by atoms with E-state index in [1.807, 2.05) is 15.9 Å². The maximum atomic E-state index is 13.5. The minimum absolute atomic E-state index is 0.0683. The molecule has 1 aromatic carbocycles. The quantitative estimate of drug-likeness (QED) is 0.341. The van der Waals surface area contributed by atoms with E-state index in [2.05, 4.69) is 50.9 Å². The first-order valence-corrected chi connectivity index (χ1v) is 13.0. The zero-order chi connectivity index (χ0) is 24.5. The van der Waals surface area contributed by atoms with Crippen molar-refractivity contribution in [3.63, 3.8) is 0 Å². The second-order valence-corrected chi connectivity index (χ2v) is 9.95. The fraction of sp³-hybridized carbons (Fsp3) is 0.519. The number of rotatable bonds is 13.